The number of carbonyl (C=O) groups excluding carboxylic acids is 1. The molecule has 1 aromatic carbocycles. The largest absolute Gasteiger partial charge is 0.369 e. The van der Waals surface area contributed by atoms with Crippen molar-refractivity contribution in [3.05, 3.63) is 42.6 Å². The molecule has 0 atom stereocenters. The van der Waals surface area contributed by atoms with Gasteiger partial charge >= 0.3 is 0 Å². The summed E-state index contributed by atoms with van der Waals surface area (Å²) in [6.07, 6.45) is 7.11. The maximum Gasteiger partial charge on any atom is 0.220 e. The van der Waals surface area contributed by atoms with Crippen LogP contribution in [-0.2, 0) is 4.79 Å². The van der Waals surface area contributed by atoms with E-state index >= 15 is 0 Å². The molecule has 5 nitrogen and oxygen atoms in total. The van der Waals surface area contributed by atoms with Gasteiger partial charge in [-0.15, -0.1) is 0 Å². The SMILES string of the molecule is NC(=O)C1CC(n2cc(-c3c[nH]c4cc(F)ccc34)cn2)C1. The highest BCUT2D eigenvalue weighted by Crippen LogP contribution is 2.38. The van der Waals surface area contributed by atoms with Crippen molar-refractivity contribution < 1.29 is 9.18 Å². The van der Waals surface area contributed by atoms with Crippen molar-refractivity contribution in [2.45, 2.75) is 18.9 Å². The van der Waals surface area contributed by atoms with E-state index in [1.165, 1.54) is 12.1 Å². The number of aromatic nitrogens is 3. The molecule has 0 unspecified atom stereocenters. The number of rotatable bonds is 3. The highest BCUT2D eigenvalue weighted by atomic mass is 19.1. The molecule has 2 aromatic heterocycles. The second-order valence-electron chi connectivity index (χ2n) is 5.83. The summed E-state index contributed by atoms with van der Waals surface area (Å²) in [4.78, 5) is 14.2. The molecule has 1 fully saturated rings. The molecular weight excluding hydrogens is 283 g/mol. The Morgan fingerprint density at radius 3 is 3.00 bits per heavy atom. The van der Waals surface area contributed by atoms with E-state index in [4.69, 9.17) is 5.73 Å². The quantitative estimate of drug-likeness (QED) is 0.779. The molecule has 1 aliphatic carbocycles. The zero-order valence-electron chi connectivity index (χ0n) is 11.8. The van der Waals surface area contributed by atoms with Gasteiger partial charge in [-0.3, -0.25) is 9.48 Å². The van der Waals surface area contributed by atoms with Gasteiger partial charge in [0, 0.05) is 40.3 Å². The molecule has 0 spiro atoms. The lowest BCUT2D eigenvalue weighted by Gasteiger charge is -2.33. The van der Waals surface area contributed by atoms with E-state index in [-0.39, 0.29) is 23.7 Å². The third-order valence-corrected chi connectivity index (χ3v) is 4.45. The highest BCUT2D eigenvalue weighted by Gasteiger charge is 2.34. The molecule has 3 N–H and O–H groups in total. The maximum absolute atomic E-state index is 13.2. The summed E-state index contributed by atoms with van der Waals surface area (Å²) in [6, 6.07) is 4.93. The summed E-state index contributed by atoms with van der Waals surface area (Å²) in [6.45, 7) is 0. The van der Waals surface area contributed by atoms with Gasteiger partial charge in [0.15, 0.2) is 0 Å². The van der Waals surface area contributed by atoms with Crippen LogP contribution in [0.3, 0.4) is 0 Å². The summed E-state index contributed by atoms with van der Waals surface area (Å²) >= 11 is 0. The Hall–Kier alpha value is -2.63. The molecule has 4 rings (SSSR count). The number of hydrogen-bond acceptors (Lipinski definition) is 2. The van der Waals surface area contributed by atoms with Gasteiger partial charge in [0.25, 0.3) is 0 Å². The Morgan fingerprint density at radius 1 is 1.41 bits per heavy atom. The van der Waals surface area contributed by atoms with E-state index < -0.39 is 0 Å². The molecule has 6 heteroatoms. The Bertz CT molecular complexity index is 860. The number of amides is 1. The molecule has 2 heterocycles. The van der Waals surface area contributed by atoms with E-state index in [1.54, 1.807) is 12.3 Å². The fourth-order valence-corrected chi connectivity index (χ4v) is 3.05. The van der Waals surface area contributed by atoms with Gasteiger partial charge in [-0.1, -0.05) is 0 Å². The number of H-pyrrole nitrogens is 1. The molecule has 1 saturated carbocycles. The first-order chi connectivity index (χ1) is 10.6. The first-order valence-corrected chi connectivity index (χ1v) is 7.22. The summed E-state index contributed by atoms with van der Waals surface area (Å²) in [7, 11) is 0. The lowest BCUT2D eigenvalue weighted by molar-refractivity contribution is -0.125. The second-order valence-corrected chi connectivity index (χ2v) is 5.83. The second kappa shape index (κ2) is 4.69. The summed E-state index contributed by atoms with van der Waals surface area (Å²) < 4.78 is 15.1. The number of benzene rings is 1. The van der Waals surface area contributed by atoms with Gasteiger partial charge in [0.2, 0.25) is 5.91 Å². The third-order valence-electron chi connectivity index (χ3n) is 4.45. The minimum absolute atomic E-state index is 0.0336. The van der Waals surface area contributed by atoms with Gasteiger partial charge in [0.1, 0.15) is 5.82 Å². The normalized spacial score (nSPS) is 21.0. The number of fused-ring (bicyclic) bond motifs is 1. The number of carbonyl (C=O) groups is 1. The number of nitrogens with two attached hydrogens (primary N) is 1. The third kappa shape index (κ3) is 1.99. The van der Waals surface area contributed by atoms with Crippen molar-refractivity contribution in [2.75, 3.05) is 0 Å². The standard InChI is InChI=1S/C16H15FN4O/c17-11-1-2-13-14(7-19-15(13)5-11)10-6-20-21(8-10)12-3-9(4-12)16(18)22/h1-2,5-9,12,19H,3-4H2,(H2,18,22). The van der Waals surface area contributed by atoms with Gasteiger partial charge in [0.05, 0.1) is 12.2 Å². The zero-order valence-corrected chi connectivity index (χ0v) is 11.8. The number of nitrogens with one attached hydrogen (secondary N) is 1. The van der Waals surface area contributed by atoms with Gasteiger partial charge in [-0.2, -0.15) is 5.10 Å². The Labute approximate surface area is 125 Å². The lowest BCUT2D eigenvalue weighted by Crippen LogP contribution is -2.36. The van der Waals surface area contributed by atoms with Crippen molar-refractivity contribution in [1.29, 1.82) is 0 Å². The van der Waals surface area contributed by atoms with Crippen LogP contribution in [0.2, 0.25) is 0 Å². The van der Waals surface area contributed by atoms with Crippen LogP contribution in [0, 0.1) is 11.7 Å². The van der Waals surface area contributed by atoms with E-state index in [9.17, 15) is 9.18 Å². The minimum Gasteiger partial charge on any atom is -0.369 e. The predicted octanol–water partition coefficient (Wildman–Crippen LogP) is 2.61. The number of aromatic amines is 1. The van der Waals surface area contributed by atoms with Crippen LogP contribution in [0.5, 0.6) is 0 Å². The van der Waals surface area contributed by atoms with Crippen LogP contribution in [0.15, 0.2) is 36.8 Å². The first kappa shape index (κ1) is 13.1. The fourth-order valence-electron chi connectivity index (χ4n) is 3.05. The zero-order chi connectivity index (χ0) is 15.3. The van der Waals surface area contributed by atoms with Gasteiger partial charge in [-0.05, 0) is 31.0 Å². The summed E-state index contributed by atoms with van der Waals surface area (Å²) in [5.41, 5.74) is 8.02. The summed E-state index contributed by atoms with van der Waals surface area (Å²) in [5, 5.41) is 5.35. The number of hydrogen-bond donors (Lipinski definition) is 2. The number of primary amides is 1. The van der Waals surface area contributed by atoms with Crippen molar-refractivity contribution in [3.8, 4) is 11.1 Å². The molecule has 0 radical (unpaired) electrons. The smallest absolute Gasteiger partial charge is 0.220 e. The monoisotopic (exact) mass is 298 g/mol. The van der Waals surface area contributed by atoms with Crippen molar-refractivity contribution in [2.24, 2.45) is 11.7 Å². The van der Waals surface area contributed by atoms with Crippen LogP contribution in [0.1, 0.15) is 18.9 Å². The average Bonchev–Trinajstić information content (AvgIpc) is 3.02. The van der Waals surface area contributed by atoms with Gasteiger partial charge in [-0.25, -0.2) is 4.39 Å². The summed E-state index contributed by atoms with van der Waals surface area (Å²) in [5.74, 6) is -0.528. The van der Waals surface area contributed by atoms with Crippen LogP contribution in [-0.4, -0.2) is 20.7 Å². The molecule has 112 valence electrons. The molecule has 1 amide bonds. The van der Waals surface area contributed by atoms with Crippen molar-refractivity contribution in [1.82, 2.24) is 14.8 Å². The molecule has 0 bridgehead atoms. The maximum atomic E-state index is 13.2. The average molecular weight is 298 g/mol. The Balaban J connectivity index is 1.62. The molecule has 1 aliphatic rings. The topological polar surface area (TPSA) is 76.7 Å². The van der Waals surface area contributed by atoms with E-state index in [1.807, 2.05) is 17.1 Å². The minimum atomic E-state index is -0.261. The van der Waals surface area contributed by atoms with Crippen LogP contribution in [0.25, 0.3) is 22.0 Å². The predicted molar refractivity (Wildman–Crippen MR) is 80.4 cm³/mol. The van der Waals surface area contributed by atoms with Crippen LogP contribution >= 0.6 is 0 Å². The van der Waals surface area contributed by atoms with E-state index in [0.29, 0.717) is 0 Å². The molecule has 22 heavy (non-hydrogen) atoms. The van der Waals surface area contributed by atoms with E-state index in [0.717, 1.165) is 34.9 Å². The Morgan fingerprint density at radius 2 is 2.23 bits per heavy atom. The molecular formula is C16H15FN4O. The van der Waals surface area contributed by atoms with Crippen molar-refractivity contribution in [3.63, 3.8) is 0 Å². The number of halogens is 1. The van der Waals surface area contributed by atoms with Crippen LogP contribution < -0.4 is 5.73 Å². The first-order valence-electron chi connectivity index (χ1n) is 7.22. The molecule has 0 aliphatic heterocycles. The fraction of sp³-hybridized carbons (Fsp3) is 0.250. The van der Waals surface area contributed by atoms with Gasteiger partial charge < -0.3 is 10.7 Å². The Kier molecular flexibility index (Phi) is 2.79. The highest BCUT2D eigenvalue weighted by molar-refractivity contribution is 5.95. The lowest BCUT2D eigenvalue weighted by atomic mass is 9.80. The van der Waals surface area contributed by atoms with E-state index in [2.05, 4.69) is 10.1 Å². The molecule has 3 aromatic rings. The van der Waals surface area contributed by atoms with Crippen molar-refractivity contribution >= 4 is 16.8 Å². The molecule has 0 saturated heterocycles. The van der Waals surface area contributed by atoms with Crippen LogP contribution in [0.4, 0.5) is 4.39 Å². The number of nitrogens with zero attached hydrogens (tertiary/aromatic N) is 2.